The molecule has 0 aromatic carbocycles. The molecule has 0 aromatic heterocycles. The molecule has 8 nitrogen and oxygen atoms in total. The average Bonchev–Trinajstić information content (AvgIpc) is 3.15. The van der Waals surface area contributed by atoms with Gasteiger partial charge in [0, 0.05) is 13.0 Å². The first-order valence-electron chi connectivity index (χ1n) is 14.0. The highest BCUT2D eigenvalue weighted by Crippen LogP contribution is 2.68. The number of nitrogens with one attached hydrogen (secondary N) is 1. The molecule has 4 rings (SSSR count). The van der Waals surface area contributed by atoms with Gasteiger partial charge < -0.3 is 20.6 Å². The van der Waals surface area contributed by atoms with Crippen LogP contribution in [0.4, 0.5) is 0 Å². The fourth-order valence-electron chi connectivity index (χ4n) is 9.26. The van der Waals surface area contributed by atoms with Gasteiger partial charge in [-0.1, -0.05) is 20.8 Å². The second-order valence-electron chi connectivity index (χ2n) is 13.0. The molecular formula is C27H47NO7S. The van der Waals surface area contributed by atoms with Crippen LogP contribution in [-0.2, 0) is 14.9 Å². The summed E-state index contributed by atoms with van der Waals surface area (Å²) in [5.74, 6) is 1.04. The lowest BCUT2D eigenvalue weighted by atomic mass is 9.43. The molecule has 0 heterocycles. The molecule has 4 fully saturated rings. The molecule has 0 spiro atoms. The second-order valence-corrected chi connectivity index (χ2v) is 14.6. The quantitative estimate of drug-likeness (QED) is 0.240. The SMILES string of the molecule is C[C@H](CCC(=O)NCCCS(=O)(=O)O)[C@H]1CC[C@H]2[C@@H]3C(O)CC4CC(O)CC[C@]4(C)[C@H]3C[C@H](O)[C@]12C. The van der Waals surface area contributed by atoms with Crippen LogP contribution in [0.25, 0.3) is 0 Å². The molecule has 36 heavy (non-hydrogen) atoms. The largest absolute Gasteiger partial charge is 0.393 e. The maximum absolute atomic E-state index is 12.3. The van der Waals surface area contributed by atoms with Gasteiger partial charge in [-0.05, 0) is 104 Å². The summed E-state index contributed by atoms with van der Waals surface area (Å²) in [4.78, 5) is 12.3. The monoisotopic (exact) mass is 529 g/mol. The van der Waals surface area contributed by atoms with Crippen LogP contribution in [0.1, 0.15) is 85.0 Å². The minimum absolute atomic E-state index is 0.0581. The number of hydrogen-bond acceptors (Lipinski definition) is 6. The molecule has 0 aliphatic heterocycles. The third kappa shape index (κ3) is 5.24. The van der Waals surface area contributed by atoms with Crippen molar-refractivity contribution in [1.82, 2.24) is 5.32 Å². The van der Waals surface area contributed by atoms with Gasteiger partial charge in [0.2, 0.25) is 5.91 Å². The first-order valence-corrected chi connectivity index (χ1v) is 15.6. The minimum atomic E-state index is -4.01. The Balaban J connectivity index is 1.39. The Labute approximate surface area is 216 Å². The standard InChI is InChI=1S/C27H47NO7S/c1-16(5-8-24(32)28-11-4-12-36(33,34)35)19-6-7-20-25-21(15-23(31)27(19,20)3)26(2)10-9-18(29)13-17(26)14-22(25)30/h16-23,25,29-31H,4-15H2,1-3H3,(H,28,32)(H,33,34,35)/t16-,17?,18?,19-,20+,21+,22?,23+,25+,26+,27-/m1/s1. The molecule has 9 heteroatoms. The number of carbonyl (C=O) groups excluding carboxylic acids is 1. The van der Waals surface area contributed by atoms with Crippen molar-refractivity contribution in [2.75, 3.05) is 12.3 Å². The van der Waals surface area contributed by atoms with Crippen molar-refractivity contribution in [1.29, 1.82) is 0 Å². The summed E-state index contributed by atoms with van der Waals surface area (Å²) in [5, 5.41) is 36.0. The molecule has 11 atom stereocenters. The molecule has 4 aliphatic rings. The first kappa shape index (κ1) is 28.3. The molecule has 1 amide bonds. The highest BCUT2D eigenvalue weighted by Gasteiger charge is 2.65. The fraction of sp³-hybridized carbons (Fsp3) is 0.963. The van der Waals surface area contributed by atoms with Gasteiger partial charge in [0.25, 0.3) is 10.1 Å². The van der Waals surface area contributed by atoms with Gasteiger partial charge in [0.05, 0.1) is 24.1 Å². The summed E-state index contributed by atoms with van der Waals surface area (Å²) in [5.41, 5.74) is -0.229. The van der Waals surface area contributed by atoms with Gasteiger partial charge in [0.15, 0.2) is 0 Å². The van der Waals surface area contributed by atoms with Crippen molar-refractivity contribution >= 4 is 16.0 Å². The van der Waals surface area contributed by atoms with Crippen LogP contribution in [0.2, 0.25) is 0 Å². The molecule has 4 saturated carbocycles. The third-order valence-electron chi connectivity index (χ3n) is 11.2. The summed E-state index contributed by atoms with van der Waals surface area (Å²) >= 11 is 0. The molecule has 208 valence electrons. The van der Waals surface area contributed by atoms with Crippen LogP contribution in [0, 0.1) is 46.3 Å². The molecule has 4 aliphatic carbocycles. The Hall–Kier alpha value is -0.740. The van der Waals surface area contributed by atoms with E-state index in [-0.39, 0.29) is 71.1 Å². The maximum atomic E-state index is 12.3. The van der Waals surface area contributed by atoms with E-state index >= 15 is 0 Å². The third-order valence-corrected chi connectivity index (χ3v) is 12.1. The number of rotatable bonds is 8. The van der Waals surface area contributed by atoms with Crippen molar-refractivity contribution < 1.29 is 33.1 Å². The topological polar surface area (TPSA) is 144 Å². The van der Waals surface area contributed by atoms with Gasteiger partial charge in [-0.2, -0.15) is 8.42 Å². The number of aliphatic hydroxyl groups excluding tert-OH is 3. The van der Waals surface area contributed by atoms with E-state index in [4.69, 9.17) is 4.55 Å². The highest BCUT2D eigenvalue weighted by atomic mass is 32.2. The summed E-state index contributed by atoms with van der Waals surface area (Å²) in [6.07, 6.45) is 6.06. The number of aliphatic hydroxyl groups is 3. The normalized spacial score (nSPS) is 45.3. The van der Waals surface area contributed by atoms with Crippen LogP contribution < -0.4 is 5.32 Å². The van der Waals surface area contributed by atoms with Crippen LogP contribution in [-0.4, -0.2) is 64.8 Å². The smallest absolute Gasteiger partial charge is 0.264 e. The number of fused-ring (bicyclic) bond motifs is 5. The van der Waals surface area contributed by atoms with Crippen molar-refractivity contribution in [3.8, 4) is 0 Å². The first-order chi connectivity index (χ1) is 16.8. The Kier molecular flexibility index (Phi) is 8.20. The predicted molar refractivity (Wildman–Crippen MR) is 136 cm³/mol. The summed E-state index contributed by atoms with van der Waals surface area (Å²) in [7, 11) is -4.01. The second kappa shape index (κ2) is 10.4. The Morgan fingerprint density at radius 2 is 1.78 bits per heavy atom. The van der Waals surface area contributed by atoms with E-state index in [1.165, 1.54) is 0 Å². The molecule has 0 bridgehead atoms. The zero-order valence-corrected chi connectivity index (χ0v) is 22.9. The van der Waals surface area contributed by atoms with E-state index < -0.39 is 22.3 Å². The number of amides is 1. The number of hydrogen-bond donors (Lipinski definition) is 5. The zero-order chi connectivity index (χ0) is 26.5. The minimum Gasteiger partial charge on any atom is -0.393 e. The molecule has 5 N–H and O–H groups in total. The molecule has 0 saturated heterocycles. The Bertz CT molecular complexity index is 912. The lowest BCUT2D eigenvalue weighted by Crippen LogP contribution is -2.62. The lowest BCUT2D eigenvalue weighted by molar-refractivity contribution is -0.207. The summed E-state index contributed by atoms with van der Waals surface area (Å²) < 4.78 is 30.4. The van der Waals surface area contributed by atoms with Crippen LogP contribution in [0.5, 0.6) is 0 Å². The lowest BCUT2D eigenvalue weighted by Gasteiger charge is -2.63. The van der Waals surface area contributed by atoms with Gasteiger partial charge in [-0.3, -0.25) is 9.35 Å². The van der Waals surface area contributed by atoms with E-state index in [1.54, 1.807) is 0 Å². The summed E-state index contributed by atoms with van der Waals surface area (Å²) in [6, 6.07) is 0. The maximum Gasteiger partial charge on any atom is 0.264 e. The van der Waals surface area contributed by atoms with Crippen LogP contribution in [0.15, 0.2) is 0 Å². The van der Waals surface area contributed by atoms with Crippen LogP contribution in [0.3, 0.4) is 0 Å². The Morgan fingerprint density at radius 1 is 1.06 bits per heavy atom. The van der Waals surface area contributed by atoms with Gasteiger partial charge in [-0.25, -0.2) is 0 Å². The van der Waals surface area contributed by atoms with Gasteiger partial charge >= 0.3 is 0 Å². The van der Waals surface area contributed by atoms with E-state index in [1.807, 2.05) is 0 Å². The van der Waals surface area contributed by atoms with Crippen LogP contribution >= 0.6 is 0 Å². The summed E-state index contributed by atoms with van der Waals surface area (Å²) in [6.45, 7) is 6.94. The fourth-order valence-corrected chi connectivity index (χ4v) is 9.77. The van der Waals surface area contributed by atoms with E-state index in [0.29, 0.717) is 25.2 Å². The van der Waals surface area contributed by atoms with Gasteiger partial charge in [0.1, 0.15) is 0 Å². The predicted octanol–water partition coefficient (Wildman–Crippen LogP) is 2.76. The van der Waals surface area contributed by atoms with Crippen molar-refractivity contribution in [2.45, 2.75) is 103 Å². The van der Waals surface area contributed by atoms with Gasteiger partial charge in [-0.15, -0.1) is 0 Å². The molecule has 0 aromatic rings. The average molecular weight is 530 g/mol. The van der Waals surface area contributed by atoms with Crippen molar-refractivity contribution in [2.24, 2.45) is 46.3 Å². The molecular weight excluding hydrogens is 482 g/mol. The molecule has 0 radical (unpaired) electrons. The van der Waals surface area contributed by atoms with E-state index in [0.717, 1.165) is 38.5 Å². The molecule has 3 unspecified atom stereocenters. The zero-order valence-electron chi connectivity index (χ0n) is 22.1. The van der Waals surface area contributed by atoms with Crippen molar-refractivity contribution in [3.05, 3.63) is 0 Å². The Morgan fingerprint density at radius 3 is 2.47 bits per heavy atom. The number of carbonyl (C=O) groups is 1. The van der Waals surface area contributed by atoms with E-state index in [9.17, 15) is 28.5 Å². The van der Waals surface area contributed by atoms with Crippen molar-refractivity contribution in [3.63, 3.8) is 0 Å². The van der Waals surface area contributed by atoms with E-state index in [2.05, 4.69) is 26.1 Å². The highest BCUT2D eigenvalue weighted by molar-refractivity contribution is 7.85.